The Hall–Kier alpha value is -3.80. The zero-order chi connectivity index (χ0) is 20.1. The molecule has 0 aliphatic rings. The summed E-state index contributed by atoms with van der Waals surface area (Å²) in [5.74, 6) is -0.540. The highest BCUT2D eigenvalue weighted by molar-refractivity contribution is 6.03. The van der Waals surface area contributed by atoms with E-state index in [4.69, 9.17) is 0 Å². The summed E-state index contributed by atoms with van der Waals surface area (Å²) in [5.41, 5.74) is 3.46. The number of nitrogens with zero attached hydrogens (tertiary/aromatic N) is 1. The maximum Gasteiger partial charge on any atom is 0.274 e. The van der Waals surface area contributed by atoms with E-state index in [0.717, 1.165) is 5.56 Å². The Morgan fingerprint density at radius 2 is 1.43 bits per heavy atom. The van der Waals surface area contributed by atoms with Crippen molar-refractivity contribution in [2.75, 3.05) is 10.6 Å². The Balaban J connectivity index is 1.78. The fourth-order valence-electron chi connectivity index (χ4n) is 2.65. The molecule has 0 atom stereocenters. The highest BCUT2D eigenvalue weighted by Gasteiger charge is 2.10. The zero-order valence-corrected chi connectivity index (χ0v) is 15.5. The largest absolute Gasteiger partial charge is 0.326 e. The molecule has 2 N–H and O–H groups in total. The smallest absolute Gasteiger partial charge is 0.274 e. The van der Waals surface area contributed by atoms with Gasteiger partial charge in [-0.2, -0.15) is 0 Å². The summed E-state index contributed by atoms with van der Waals surface area (Å²) in [5, 5.41) is 5.45. The lowest BCUT2D eigenvalue weighted by atomic mass is 10.1. The molecule has 0 bridgehead atoms. The topological polar surface area (TPSA) is 88.2 Å². The molecule has 0 aliphatic heterocycles. The summed E-state index contributed by atoms with van der Waals surface area (Å²) in [6, 6.07) is 19.1. The number of rotatable bonds is 5. The Morgan fingerprint density at radius 1 is 0.786 bits per heavy atom. The van der Waals surface area contributed by atoms with E-state index in [2.05, 4.69) is 15.6 Å². The first kappa shape index (κ1) is 19.0. The third-order valence-electron chi connectivity index (χ3n) is 4.01. The molecule has 6 heteroatoms. The minimum Gasteiger partial charge on any atom is -0.326 e. The van der Waals surface area contributed by atoms with Gasteiger partial charge in [-0.05, 0) is 49.4 Å². The SMILES string of the molecule is CC(=O)Nc1ccc(NC(=O)c2cccc(-c3cccc(C(C)=O)c3)n2)cc1. The number of nitrogens with one attached hydrogen (secondary N) is 2. The van der Waals surface area contributed by atoms with Gasteiger partial charge in [-0.3, -0.25) is 14.4 Å². The third kappa shape index (κ3) is 4.67. The van der Waals surface area contributed by atoms with Crippen LogP contribution in [0.5, 0.6) is 0 Å². The fourth-order valence-corrected chi connectivity index (χ4v) is 2.65. The second kappa shape index (κ2) is 8.26. The second-order valence-electron chi connectivity index (χ2n) is 6.26. The molecule has 2 amide bonds. The average molecular weight is 373 g/mol. The number of hydrogen-bond acceptors (Lipinski definition) is 4. The number of hydrogen-bond donors (Lipinski definition) is 2. The van der Waals surface area contributed by atoms with Crippen molar-refractivity contribution in [1.82, 2.24) is 4.98 Å². The van der Waals surface area contributed by atoms with E-state index < -0.39 is 0 Å². The fraction of sp³-hybridized carbons (Fsp3) is 0.0909. The molecule has 0 saturated heterocycles. The number of benzene rings is 2. The first-order valence-corrected chi connectivity index (χ1v) is 8.70. The van der Waals surface area contributed by atoms with Crippen LogP contribution in [-0.2, 0) is 4.79 Å². The lowest BCUT2D eigenvalue weighted by molar-refractivity contribution is -0.114. The molecule has 0 aliphatic carbocycles. The molecule has 3 aromatic rings. The van der Waals surface area contributed by atoms with Gasteiger partial charge in [0.2, 0.25) is 5.91 Å². The first-order valence-electron chi connectivity index (χ1n) is 8.70. The van der Waals surface area contributed by atoms with Crippen molar-refractivity contribution in [3.8, 4) is 11.3 Å². The molecule has 1 heterocycles. The molecule has 0 saturated carbocycles. The highest BCUT2D eigenvalue weighted by atomic mass is 16.2. The minimum atomic E-state index is -0.350. The van der Waals surface area contributed by atoms with Crippen LogP contribution in [0.4, 0.5) is 11.4 Å². The number of amides is 2. The average Bonchev–Trinajstić information content (AvgIpc) is 2.69. The van der Waals surface area contributed by atoms with Gasteiger partial charge in [-0.15, -0.1) is 0 Å². The van der Waals surface area contributed by atoms with Gasteiger partial charge >= 0.3 is 0 Å². The van der Waals surface area contributed by atoms with Crippen molar-refractivity contribution >= 4 is 29.0 Å². The van der Waals surface area contributed by atoms with Crippen molar-refractivity contribution in [1.29, 1.82) is 0 Å². The maximum absolute atomic E-state index is 12.5. The van der Waals surface area contributed by atoms with Crippen LogP contribution in [0.2, 0.25) is 0 Å². The normalized spacial score (nSPS) is 10.2. The number of Topliss-reactive ketones (excluding diaryl/α,β-unsaturated/α-hetero) is 1. The monoisotopic (exact) mass is 373 g/mol. The van der Waals surface area contributed by atoms with Gasteiger partial charge in [-0.25, -0.2) is 4.98 Å². The zero-order valence-electron chi connectivity index (χ0n) is 15.5. The number of anilines is 2. The van der Waals surface area contributed by atoms with E-state index in [1.807, 2.05) is 6.07 Å². The van der Waals surface area contributed by atoms with Crippen molar-refractivity contribution in [2.45, 2.75) is 13.8 Å². The van der Waals surface area contributed by atoms with E-state index in [-0.39, 0.29) is 23.3 Å². The third-order valence-corrected chi connectivity index (χ3v) is 4.01. The van der Waals surface area contributed by atoms with Gasteiger partial charge in [0.1, 0.15) is 5.69 Å². The summed E-state index contributed by atoms with van der Waals surface area (Å²) < 4.78 is 0. The van der Waals surface area contributed by atoms with Gasteiger partial charge in [0.15, 0.2) is 5.78 Å². The number of aromatic nitrogens is 1. The molecule has 6 nitrogen and oxygen atoms in total. The molecule has 28 heavy (non-hydrogen) atoms. The Kier molecular flexibility index (Phi) is 5.60. The van der Waals surface area contributed by atoms with Crippen LogP contribution in [0.3, 0.4) is 0 Å². The minimum absolute atomic E-state index is 0.0292. The highest BCUT2D eigenvalue weighted by Crippen LogP contribution is 2.20. The first-order chi connectivity index (χ1) is 13.4. The van der Waals surface area contributed by atoms with E-state index >= 15 is 0 Å². The number of carbonyl (C=O) groups is 3. The van der Waals surface area contributed by atoms with Crippen molar-refractivity contribution in [3.05, 3.63) is 78.0 Å². The lowest BCUT2D eigenvalue weighted by Gasteiger charge is -2.08. The van der Waals surface area contributed by atoms with Crippen molar-refractivity contribution in [2.24, 2.45) is 0 Å². The molecule has 0 radical (unpaired) electrons. The van der Waals surface area contributed by atoms with Crippen molar-refractivity contribution in [3.63, 3.8) is 0 Å². The van der Waals surface area contributed by atoms with Gasteiger partial charge in [0.05, 0.1) is 5.69 Å². The summed E-state index contributed by atoms with van der Waals surface area (Å²) in [6.07, 6.45) is 0. The molecule has 0 spiro atoms. The predicted octanol–water partition coefficient (Wildman–Crippen LogP) is 4.16. The van der Waals surface area contributed by atoms with Crippen LogP contribution in [0.1, 0.15) is 34.7 Å². The molecular weight excluding hydrogens is 354 g/mol. The van der Waals surface area contributed by atoms with E-state index in [0.29, 0.717) is 22.6 Å². The molecular formula is C22H19N3O3. The number of ketones is 1. The van der Waals surface area contributed by atoms with Gasteiger partial charge < -0.3 is 10.6 Å². The molecule has 0 fully saturated rings. The van der Waals surface area contributed by atoms with E-state index in [9.17, 15) is 14.4 Å². The van der Waals surface area contributed by atoms with Gasteiger partial charge in [-0.1, -0.05) is 24.3 Å². The number of carbonyl (C=O) groups excluding carboxylic acids is 3. The van der Waals surface area contributed by atoms with Gasteiger partial charge in [0, 0.05) is 29.4 Å². The van der Waals surface area contributed by atoms with Crippen LogP contribution < -0.4 is 10.6 Å². The summed E-state index contributed by atoms with van der Waals surface area (Å²) >= 11 is 0. The molecule has 0 unspecified atom stereocenters. The lowest BCUT2D eigenvalue weighted by Crippen LogP contribution is -2.14. The van der Waals surface area contributed by atoms with Crippen LogP contribution in [0.15, 0.2) is 66.7 Å². The van der Waals surface area contributed by atoms with E-state index in [1.165, 1.54) is 13.8 Å². The second-order valence-corrected chi connectivity index (χ2v) is 6.26. The van der Waals surface area contributed by atoms with Crippen LogP contribution >= 0.6 is 0 Å². The Bertz CT molecular complexity index is 1040. The molecule has 2 aromatic carbocycles. The van der Waals surface area contributed by atoms with Gasteiger partial charge in [0.25, 0.3) is 5.91 Å². The summed E-state index contributed by atoms with van der Waals surface area (Å²) in [7, 11) is 0. The van der Waals surface area contributed by atoms with E-state index in [1.54, 1.807) is 60.7 Å². The predicted molar refractivity (Wildman–Crippen MR) is 108 cm³/mol. The maximum atomic E-state index is 12.5. The Labute approximate surface area is 162 Å². The summed E-state index contributed by atoms with van der Waals surface area (Å²) in [4.78, 5) is 39.6. The molecule has 1 aromatic heterocycles. The van der Waals surface area contributed by atoms with Crippen LogP contribution in [0, 0.1) is 0 Å². The summed E-state index contributed by atoms with van der Waals surface area (Å²) in [6.45, 7) is 2.94. The quantitative estimate of drug-likeness (QED) is 0.657. The van der Waals surface area contributed by atoms with Crippen molar-refractivity contribution < 1.29 is 14.4 Å². The van der Waals surface area contributed by atoms with Crippen LogP contribution in [-0.4, -0.2) is 22.6 Å². The van der Waals surface area contributed by atoms with Crippen LogP contribution in [0.25, 0.3) is 11.3 Å². The molecule has 140 valence electrons. The molecule has 3 rings (SSSR count). The Morgan fingerprint density at radius 3 is 2.07 bits per heavy atom. The standard InChI is InChI=1S/C22H19N3O3/c1-14(26)16-5-3-6-17(13-16)20-7-4-8-21(25-20)22(28)24-19-11-9-18(10-12-19)23-15(2)27/h3-13H,1-2H3,(H,23,27)(H,24,28). The number of pyridine rings is 1.